The van der Waals surface area contributed by atoms with Gasteiger partial charge in [-0.15, -0.1) is 0 Å². The Hall–Kier alpha value is -0.150. The van der Waals surface area contributed by atoms with Crippen LogP contribution in [0.3, 0.4) is 0 Å². The maximum atomic E-state index is 13.3. The number of halogens is 1. The Morgan fingerprint density at radius 1 is 1.29 bits per heavy atom. The van der Waals surface area contributed by atoms with Crippen LogP contribution < -0.4 is 0 Å². The summed E-state index contributed by atoms with van der Waals surface area (Å²) in [5.74, 6) is 0. The van der Waals surface area contributed by atoms with Gasteiger partial charge in [0.05, 0.1) is 0 Å². The Morgan fingerprint density at radius 2 is 1.79 bits per heavy atom. The van der Waals surface area contributed by atoms with Gasteiger partial charge in [0.25, 0.3) is 0 Å². The van der Waals surface area contributed by atoms with Crippen molar-refractivity contribution >= 4 is 0 Å². The molecule has 2 nitrogen and oxygen atoms in total. The Morgan fingerprint density at radius 3 is 2.21 bits per heavy atom. The van der Waals surface area contributed by atoms with Crippen LogP contribution in [0.2, 0.25) is 0 Å². The average molecular weight is 205 g/mol. The summed E-state index contributed by atoms with van der Waals surface area (Å²) in [6.07, 6.45) is 2.08. The zero-order valence-corrected chi connectivity index (χ0v) is 9.72. The van der Waals surface area contributed by atoms with Gasteiger partial charge >= 0.3 is 0 Å². The molecule has 1 rings (SSSR count). The van der Waals surface area contributed by atoms with Crippen LogP contribution in [-0.4, -0.2) is 41.9 Å². The van der Waals surface area contributed by atoms with Gasteiger partial charge in [0.2, 0.25) is 0 Å². The van der Waals surface area contributed by atoms with Crippen LogP contribution in [0, 0.1) is 0 Å². The molecule has 0 atom stereocenters. The van der Waals surface area contributed by atoms with Crippen molar-refractivity contribution in [2.24, 2.45) is 0 Å². The fraction of sp³-hybridized carbons (Fsp3) is 1.00. The molecule has 1 aliphatic rings. The van der Waals surface area contributed by atoms with E-state index in [-0.39, 0.29) is 6.61 Å². The first-order chi connectivity index (χ1) is 6.64. The molecule has 1 aliphatic heterocycles. The van der Waals surface area contributed by atoms with Crippen LogP contribution in [0.4, 0.5) is 4.39 Å². The topological polar surface area (TPSA) is 23.5 Å². The number of alkyl halides is 1. The minimum atomic E-state index is -0.949. The lowest BCUT2D eigenvalue weighted by molar-refractivity contribution is 0.0709. The third kappa shape index (κ3) is 5.55. The number of rotatable bonds is 3. The van der Waals surface area contributed by atoms with Gasteiger partial charge in [0.1, 0.15) is 5.67 Å². The quantitative estimate of drug-likeness (QED) is 0.763. The lowest BCUT2D eigenvalue weighted by Crippen LogP contribution is -2.40. The predicted octanol–water partition coefficient (Wildman–Crippen LogP) is 2.22. The number of hydrogen-bond donors (Lipinski definition) is 1. The number of aliphatic hydroxyl groups excluding tert-OH is 1. The van der Waals surface area contributed by atoms with Gasteiger partial charge in [0.15, 0.2) is 0 Å². The van der Waals surface area contributed by atoms with E-state index in [0.717, 1.165) is 26.1 Å². The lowest BCUT2D eigenvalue weighted by atomic mass is 9.96. The minimum absolute atomic E-state index is 0.239. The molecule has 0 spiro atoms. The van der Waals surface area contributed by atoms with E-state index in [4.69, 9.17) is 5.11 Å². The van der Waals surface area contributed by atoms with Crippen molar-refractivity contribution in [2.45, 2.75) is 45.7 Å². The summed E-state index contributed by atoms with van der Waals surface area (Å²) in [4.78, 5) is 2.22. The van der Waals surface area contributed by atoms with Gasteiger partial charge in [-0.05, 0) is 26.2 Å². The summed E-state index contributed by atoms with van der Waals surface area (Å²) in [6.45, 7) is 8.51. The summed E-state index contributed by atoms with van der Waals surface area (Å²) in [6, 6.07) is 0. The second-order valence-electron chi connectivity index (χ2n) is 3.83. The first-order valence-electron chi connectivity index (χ1n) is 5.66. The molecule has 0 aromatic rings. The van der Waals surface area contributed by atoms with Gasteiger partial charge in [-0.2, -0.15) is 0 Å². The SMILES string of the molecule is CC.CC1(F)CCN(CCCO)CC1. The zero-order chi connectivity index (χ0) is 11.0. The number of aliphatic hydroxyl groups is 1. The average Bonchev–Trinajstić information content (AvgIpc) is 2.19. The molecule has 0 bridgehead atoms. The van der Waals surface area contributed by atoms with E-state index >= 15 is 0 Å². The highest BCUT2D eigenvalue weighted by Gasteiger charge is 2.28. The molecule has 1 N–H and O–H groups in total. The highest BCUT2D eigenvalue weighted by Crippen LogP contribution is 2.25. The van der Waals surface area contributed by atoms with Crippen molar-refractivity contribution in [3.63, 3.8) is 0 Å². The lowest BCUT2D eigenvalue weighted by Gasteiger charge is -2.33. The third-order valence-corrected chi connectivity index (χ3v) is 2.53. The van der Waals surface area contributed by atoms with Crippen molar-refractivity contribution in [1.82, 2.24) is 4.90 Å². The summed E-state index contributed by atoms with van der Waals surface area (Å²) < 4.78 is 13.3. The van der Waals surface area contributed by atoms with Crippen LogP contribution in [-0.2, 0) is 0 Å². The smallest absolute Gasteiger partial charge is 0.110 e. The minimum Gasteiger partial charge on any atom is -0.396 e. The van der Waals surface area contributed by atoms with Gasteiger partial charge in [-0.3, -0.25) is 0 Å². The first-order valence-corrected chi connectivity index (χ1v) is 5.66. The van der Waals surface area contributed by atoms with Gasteiger partial charge in [-0.1, -0.05) is 13.8 Å². The fourth-order valence-corrected chi connectivity index (χ4v) is 1.54. The van der Waals surface area contributed by atoms with Gasteiger partial charge in [0, 0.05) is 26.2 Å². The monoisotopic (exact) mass is 205 g/mol. The van der Waals surface area contributed by atoms with Crippen molar-refractivity contribution < 1.29 is 9.50 Å². The molecular weight excluding hydrogens is 181 g/mol. The molecule has 0 radical (unpaired) electrons. The van der Waals surface area contributed by atoms with Crippen LogP contribution in [0.25, 0.3) is 0 Å². The molecular formula is C11H24FNO. The molecule has 0 unspecified atom stereocenters. The molecule has 86 valence electrons. The molecule has 0 aromatic carbocycles. The third-order valence-electron chi connectivity index (χ3n) is 2.53. The van der Waals surface area contributed by atoms with Crippen LogP contribution in [0.15, 0.2) is 0 Å². The zero-order valence-electron chi connectivity index (χ0n) is 9.72. The van der Waals surface area contributed by atoms with Gasteiger partial charge < -0.3 is 10.0 Å². The maximum Gasteiger partial charge on any atom is 0.110 e. The predicted molar refractivity (Wildman–Crippen MR) is 58.2 cm³/mol. The van der Waals surface area contributed by atoms with E-state index in [1.54, 1.807) is 6.92 Å². The van der Waals surface area contributed by atoms with Crippen molar-refractivity contribution in [3.8, 4) is 0 Å². The summed E-state index contributed by atoms with van der Waals surface area (Å²) >= 11 is 0. The largest absolute Gasteiger partial charge is 0.396 e. The van der Waals surface area contributed by atoms with E-state index in [2.05, 4.69) is 4.90 Å². The van der Waals surface area contributed by atoms with E-state index < -0.39 is 5.67 Å². The second-order valence-corrected chi connectivity index (χ2v) is 3.83. The summed E-state index contributed by atoms with van der Waals surface area (Å²) in [5.41, 5.74) is -0.949. The number of hydrogen-bond acceptors (Lipinski definition) is 2. The number of piperidine rings is 1. The standard InChI is InChI=1S/C9H18FNO.C2H6/c1-9(10)3-6-11(7-4-9)5-2-8-12;1-2/h12H,2-8H2,1H3;1-2H3. The molecule has 0 aromatic heterocycles. The Labute approximate surface area is 87.1 Å². The Balaban J connectivity index is 0.000000791. The molecule has 0 saturated carbocycles. The van der Waals surface area contributed by atoms with E-state index in [0.29, 0.717) is 12.8 Å². The van der Waals surface area contributed by atoms with Gasteiger partial charge in [-0.25, -0.2) is 4.39 Å². The van der Waals surface area contributed by atoms with E-state index in [1.165, 1.54) is 0 Å². The Kier molecular flexibility index (Phi) is 7.11. The highest BCUT2D eigenvalue weighted by atomic mass is 19.1. The fourth-order valence-electron chi connectivity index (χ4n) is 1.54. The molecule has 1 heterocycles. The van der Waals surface area contributed by atoms with Crippen molar-refractivity contribution in [3.05, 3.63) is 0 Å². The molecule has 0 aliphatic carbocycles. The van der Waals surface area contributed by atoms with Crippen molar-refractivity contribution in [2.75, 3.05) is 26.2 Å². The second kappa shape index (κ2) is 7.18. The molecule has 1 saturated heterocycles. The maximum absolute atomic E-state index is 13.3. The summed E-state index contributed by atoms with van der Waals surface area (Å²) in [7, 11) is 0. The highest BCUT2D eigenvalue weighted by molar-refractivity contribution is 4.81. The Bertz CT molecular complexity index is 129. The van der Waals surface area contributed by atoms with E-state index in [1.807, 2.05) is 13.8 Å². The molecule has 3 heteroatoms. The van der Waals surface area contributed by atoms with E-state index in [9.17, 15) is 4.39 Å². The molecule has 0 amide bonds. The number of nitrogens with zero attached hydrogens (tertiary/aromatic N) is 1. The first kappa shape index (κ1) is 13.8. The van der Waals surface area contributed by atoms with Crippen molar-refractivity contribution in [1.29, 1.82) is 0 Å². The molecule has 1 fully saturated rings. The summed E-state index contributed by atoms with van der Waals surface area (Å²) in [5, 5.41) is 8.60. The van der Waals surface area contributed by atoms with Crippen LogP contribution >= 0.6 is 0 Å². The number of likely N-dealkylation sites (tertiary alicyclic amines) is 1. The molecule has 14 heavy (non-hydrogen) atoms. The van der Waals surface area contributed by atoms with Crippen LogP contribution in [0.1, 0.15) is 40.0 Å². The normalized spacial score (nSPS) is 21.2. The van der Waals surface area contributed by atoms with Crippen LogP contribution in [0.5, 0.6) is 0 Å².